The van der Waals surface area contributed by atoms with E-state index >= 15 is 0 Å². The van der Waals surface area contributed by atoms with Crippen molar-refractivity contribution in [3.05, 3.63) is 77.3 Å². The Bertz CT molecular complexity index is 1010. The van der Waals surface area contributed by atoms with E-state index in [0.717, 1.165) is 5.82 Å². The number of anilines is 3. The number of nitrogens with zero attached hydrogens (tertiary/aromatic N) is 4. The van der Waals surface area contributed by atoms with Crippen LogP contribution >= 0.6 is 11.6 Å². The van der Waals surface area contributed by atoms with E-state index in [0.29, 0.717) is 42.6 Å². The Hall–Kier alpha value is -3.19. The number of pyridine rings is 2. The van der Waals surface area contributed by atoms with Crippen molar-refractivity contribution in [2.24, 2.45) is 0 Å². The maximum atomic E-state index is 14.0. The molecule has 148 valence electrons. The van der Waals surface area contributed by atoms with Crippen molar-refractivity contribution in [2.75, 3.05) is 36.4 Å². The van der Waals surface area contributed by atoms with Crippen LogP contribution in [0.2, 0.25) is 5.02 Å². The number of hydrogen-bond acceptors (Lipinski definition) is 5. The highest BCUT2D eigenvalue weighted by Gasteiger charge is 2.25. The van der Waals surface area contributed by atoms with Crippen molar-refractivity contribution < 1.29 is 9.18 Å². The molecule has 1 fully saturated rings. The average Bonchev–Trinajstić information content (AvgIpc) is 2.76. The summed E-state index contributed by atoms with van der Waals surface area (Å²) in [5, 5.41) is 3.53. The number of carbonyl (C=O) groups is 1. The highest BCUT2D eigenvalue weighted by molar-refractivity contribution is 6.30. The Labute approximate surface area is 173 Å². The minimum atomic E-state index is -0.402. The molecule has 1 saturated heterocycles. The molecule has 3 aromatic rings. The van der Waals surface area contributed by atoms with Crippen LogP contribution in [0.15, 0.2) is 60.9 Å². The Morgan fingerprint density at radius 2 is 1.79 bits per heavy atom. The van der Waals surface area contributed by atoms with Gasteiger partial charge in [0.25, 0.3) is 5.91 Å². The summed E-state index contributed by atoms with van der Waals surface area (Å²) in [5.41, 5.74) is 0.688. The van der Waals surface area contributed by atoms with Crippen LogP contribution in [-0.4, -0.2) is 47.0 Å². The molecule has 0 spiro atoms. The van der Waals surface area contributed by atoms with E-state index in [9.17, 15) is 9.18 Å². The van der Waals surface area contributed by atoms with Gasteiger partial charge in [0.1, 0.15) is 17.5 Å². The zero-order valence-electron chi connectivity index (χ0n) is 15.6. The molecule has 0 radical (unpaired) electrons. The molecule has 0 saturated carbocycles. The van der Waals surface area contributed by atoms with E-state index in [1.54, 1.807) is 53.7 Å². The van der Waals surface area contributed by atoms with Crippen LogP contribution in [0.25, 0.3) is 0 Å². The summed E-state index contributed by atoms with van der Waals surface area (Å²) in [6.45, 7) is 2.43. The van der Waals surface area contributed by atoms with Crippen molar-refractivity contribution >= 4 is 34.8 Å². The molecule has 0 bridgehead atoms. The first-order valence-corrected chi connectivity index (χ1v) is 9.62. The molecule has 6 nitrogen and oxygen atoms in total. The summed E-state index contributed by atoms with van der Waals surface area (Å²) in [6.07, 6.45) is 3.19. The van der Waals surface area contributed by atoms with Gasteiger partial charge in [0.2, 0.25) is 0 Å². The number of para-hydroxylation sites is 1. The maximum Gasteiger partial charge on any atom is 0.257 e. The van der Waals surface area contributed by atoms with Crippen molar-refractivity contribution in [3.8, 4) is 0 Å². The van der Waals surface area contributed by atoms with Crippen molar-refractivity contribution in [3.63, 3.8) is 0 Å². The molecule has 1 aliphatic heterocycles. The van der Waals surface area contributed by atoms with Crippen LogP contribution in [0.5, 0.6) is 0 Å². The summed E-state index contributed by atoms with van der Waals surface area (Å²) >= 11 is 5.90. The number of carbonyl (C=O) groups excluding carboxylic acids is 1. The van der Waals surface area contributed by atoms with Gasteiger partial charge in [0, 0.05) is 38.6 Å². The van der Waals surface area contributed by atoms with E-state index in [4.69, 9.17) is 11.6 Å². The molecule has 8 heteroatoms. The highest BCUT2D eigenvalue weighted by Crippen LogP contribution is 2.23. The first kappa shape index (κ1) is 19.1. The lowest BCUT2D eigenvalue weighted by atomic mass is 10.2. The lowest BCUT2D eigenvalue weighted by Crippen LogP contribution is -2.49. The fourth-order valence-electron chi connectivity index (χ4n) is 3.23. The zero-order valence-corrected chi connectivity index (χ0v) is 16.3. The van der Waals surface area contributed by atoms with Crippen molar-refractivity contribution in [1.29, 1.82) is 0 Å². The number of halogens is 2. The van der Waals surface area contributed by atoms with E-state index < -0.39 is 5.82 Å². The number of hydrogen-bond donors (Lipinski definition) is 1. The number of rotatable bonds is 4. The SMILES string of the molecule is O=C(c1cccnc1Nc1ccccc1F)N1CCN(c2ccc(Cl)cn2)CC1. The van der Waals surface area contributed by atoms with Gasteiger partial charge in [-0.2, -0.15) is 0 Å². The van der Waals surface area contributed by atoms with E-state index in [2.05, 4.69) is 20.2 Å². The lowest BCUT2D eigenvalue weighted by Gasteiger charge is -2.35. The fourth-order valence-corrected chi connectivity index (χ4v) is 3.34. The molecule has 1 aromatic carbocycles. The lowest BCUT2D eigenvalue weighted by molar-refractivity contribution is 0.0747. The number of piperazine rings is 1. The Kier molecular flexibility index (Phi) is 5.57. The first-order valence-electron chi connectivity index (χ1n) is 9.24. The van der Waals surface area contributed by atoms with Gasteiger partial charge >= 0.3 is 0 Å². The zero-order chi connectivity index (χ0) is 20.2. The van der Waals surface area contributed by atoms with Gasteiger partial charge in [-0.15, -0.1) is 0 Å². The van der Waals surface area contributed by atoms with Crippen LogP contribution in [0, 0.1) is 5.82 Å². The van der Waals surface area contributed by atoms with Crippen LogP contribution < -0.4 is 10.2 Å². The van der Waals surface area contributed by atoms with Gasteiger partial charge < -0.3 is 15.1 Å². The van der Waals surface area contributed by atoms with Gasteiger partial charge in [-0.05, 0) is 36.4 Å². The largest absolute Gasteiger partial charge is 0.353 e. The third-order valence-corrected chi connectivity index (χ3v) is 4.99. The Morgan fingerprint density at radius 3 is 2.52 bits per heavy atom. The second-order valence-corrected chi connectivity index (χ2v) is 7.05. The number of aromatic nitrogens is 2. The molecule has 1 amide bonds. The molecule has 2 aromatic heterocycles. The summed E-state index contributed by atoms with van der Waals surface area (Å²) < 4.78 is 14.0. The molecular weight excluding hydrogens is 393 g/mol. The molecule has 1 aliphatic rings. The summed E-state index contributed by atoms with van der Waals surface area (Å²) in [4.78, 5) is 25.5. The predicted octanol–water partition coefficient (Wildman–Crippen LogP) is 3.98. The second kappa shape index (κ2) is 8.45. The summed E-state index contributed by atoms with van der Waals surface area (Å²) in [5.74, 6) is 0.635. The third kappa shape index (κ3) is 4.30. The molecule has 3 heterocycles. The number of amides is 1. The Balaban J connectivity index is 1.47. The van der Waals surface area contributed by atoms with Gasteiger partial charge in [0.05, 0.1) is 16.3 Å². The molecule has 4 rings (SSSR count). The smallest absolute Gasteiger partial charge is 0.257 e. The number of benzene rings is 1. The second-order valence-electron chi connectivity index (χ2n) is 6.62. The topological polar surface area (TPSA) is 61.4 Å². The number of nitrogens with one attached hydrogen (secondary N) is 1. The van der Waals surface area contributed by atoms with Gasteiger partial charge in [0.15, 0.2) is 0 Å². The minimum Gasteiger partial charge on any atom is -0.353 e. The average molecular weight is 412 g/mol. The highest BCUT2D eigenvalue weighted by atomic mass is 35.5. The minimum absolute atomic E-state index is 0.138. The molecular formula is C21H19ClFN5O. The fraction of sp³-hybridized carbons (Fsp3) is 0.190. The molecule has 29 heavy (non-hydrogen) atoms. The first-order chi connectivity index (χ1) is 14.1. The van der Waals surface area contributed by atoms with Gasteiger partial charge in [-0.3, -0.25) is 4.79 Å². The quantitative estimate of drug-likeness (QED) is 0.703. The monoisotopic (exact) mass is 411 g/mol. The van der Waals surface area contributed by atoms with Crippen LogP contribution in [-0.2, 0) is 0 Å². The predicted molar refractivity (Wildman–Crippen MR) is 111 cm³/mol. The van der Waals surface area contributed by atoms with Crippen LogP contribution in [0.4, 0.5) is 21.7 Å². The standard InChI is InChI=1S/C21H19ClFN5O/c22-15-7-8-19(25-14-15)27-10-12-28(13-11-27)21(29)16-4-3-9-24-20(16)26-18-6-2-1-5-17(18)23/h1-9,14H,10-13H2,(H,24,26). The molecule has 0 atom stereocenters. The van der Waals surface area contributed by atoms with Gasteiger partial charge in [-0.1, -0.05) is 23.7 Å². The molecule has 0 unspecified atom stereocenters. The van der Waals surface area contributed by atoms with E-state index in [1.165, 1.54) is 6.07 Å². The maximum absolute atomic E-state index is 14.0. The normalized spacial score (nSPS) is 14.0. The molecule has 0 aliphatic carbocycles. The van der Waals surface area contributed by atoms with E-state index in [-0.39, 0.29) is 11.6 Å². The van der Waals surface area contributed by atoms with Crippen molar-refractivity contribution in [1.82, 2.24) is 14.9 Å². The van der Waals surface area contributed by atoms with E-state index in [1.807, 2.05) is 6.07 Å². The summed E-state index contributed by atoms with van der Waals surface area (Å²) in [7, 11) is 0. The Morgan fingerprint density at radius 1 is 1.00 bits per heavy atom. The van der Waals surface area contributed by atoms with Crippen LogP contribution in [0.3, 0.4) is 0 Å². The van der Waals surface area contributed by atoms with Gasteiger partial charge in [-0.25, -0.2) is 14.4 Å². The summed E-state index contributed by atoms with van der Waals surface area (Å²) in [6, 6.07) is 13.4. The third-order valence-electron chi connectivity index (χ3n) is 4.77. The van der Waals surface area contributed by atoms with Crippen LogP contribution in [0.1, 0.15) is 10.4 Å². The van der Waals surface area contributed by atoms with Crippen molar-refractivity contribution in [2.45, 2.75) is 0 Å². The molecule has 1 N–H and O–H groups in total.